The second-order valence-electron chi connectivity index (χ2n) is 6.98. The average Bonchev–Trinajstić information content (AvgIpc) is 2.37. The molecule has 1 aromatic rings. The Morgan fingerprint density at radius 3 is 2.47 bits per heavy atom. The summed E-state index contributed by atoms with van der Waals surface area (Å²) in [5.74, 6) is 1.80. The molecule has 1 fully saturated rings. The predicted octanol–water partition coefficient (Wildman–Crippen LogP) is 5.86. The van der Waals surface area contributed by atoms with Gasteiger partial charge >= 0.3 is 0 Å². The minimum atomic E-state index is 0.412. The summed E-state index contributed by atoms with van der Waals surface area (Å²) in [6.45, 7) is 9.33. The van der Waals surface area contributed by atoms with Gasteiger partial charge in [-0.15, -0.1) is 0 Å². The van der Waals surface area contributed by atoms with Gasteiger partial charge in [0.2, 0.25) is 0 Å². The van der Waals surface area contributed by atoms with Crippen LogP contribution in [-0.4, -0.2) is 0 Å². The van der Waals surface area contributed by atoms with Crippen LogP contribution < -0.4 is 0 Å². The van der Waals surface area contributed by atoms with Crippen LogP contribution in [0.3, 0.4) is 0 Å². The molecule has 104 valence electrons. The molecular formula is C19H28. The van der Waals surface area contributed by atoms with Gasteiger partial charge in [0.25, 0.3) is 0 Å². The third-order valence-electron chi connectivity index (χ3n) is 4.84. The number of aryl methyl sites for hydroxylation is 1. The van der Waals surface area contributed by atoms with Crippen molar-refractivity contribution < 1.29 is 0 Å². The summed E-state index contributed by atoms with van der Waals surface area (Å²) in [5.41, 5.74) is 3.10. The summed E-state index contributed by atoms with van der Waals surface area (Å²) in [6, 6.07) is 8.77. The summed E-state index contributed by atoms with van der Waals surface area (Å²) >= 11 is 0. The van der Waals surface area contributed by atoms with Crippen molar-refractivity contribution >= 4 is 6.08 Å². The zero-order valence-corrected chi connectivity index (χ0v) is 12.9. The third-order valence-corrected chi connectivity index (χ3v) is 4.84. The van der Waals surface area contributed by atoms with Crippen LogP contribution in [-0.2, 0) is 0 Å². The number of rotatable bonds is 3. The highest BCUT2D eigenvalue weighted by Crippen LogP contribution is 2.42. The van der Waals surface area contributed by atoms with Gasteiger partial charge in [-0.25, -0.2) is 0 Å². The van der Waals surface area contributed by atoms with Crippen LogP contribution in [0.25, 0.3) is 6.08 Å². The van der Waals surface area contributed by atoms with E-state index in [9.17, 15) is 0 Å². The summed E-state index contributed by atoms with van der Waals surface area (Å²) in [7, 11) is 0. The first-order valence-corrected chi connectivity index (χ1v) is 7.74. The zero-order valence-electron chi connectivity index (χ0n) is 12.9. The van der Waals surface area contributed by atoms with Crippen molar-refractivity contribution in [3.63, 3.8) is 0 Å². The first-order chi connectivity index (χ1) is 8.98. The van der Waals surface area contributed by atoms with Crippen LogP contribution in [0.4, 0.5) is 0 Å². The molecule has 0 unspecified atom stereocenters. The summed E-state index contributed by atoms with van der Waals surface area (Å²) in [6.07, 6.45) is 10.3. The van der Waals surface area contributed by atoms with Gasteiger partial charge in [-0.2, -0.15) is 0 Å². The second kappa shape index (κ2) is 5.94. The van der Waals surface area contributed by atoms with Gasteiger partial charge in [0.05, 0.1) is 0 Å². The summed E-state index contributed by atoms with van der Waals surface area (Å²) in [4.78, 5) is 0. The van der Waals surface area contributed by atoms with Gasteiger partial charge in [0.15, 0.2) is 0 Å². The minimum Gasteiger partial charge on any atom is -0.0780 e. The number of hydrogen-bond donors (Lipinski definition) is 0. The Labute approximate surface area is 118 Å². The fourth-order valence-corrected chi connectivity index (χ4v) is 3.20. The fourth-order valence-electron chi connectivity index (χ4n) is 3.20. The number of hydrogen-bond acceptors (Lipinski definition) is 0. The standard InChI is InChI=1S/C19H28/c1-15(2)18-9-12-19(4,13-10-18)11-8-17-7-5-6-16(3)14-17/h5-8,11,14-15,18H,9-10,12-13H2,1-4H3/b11-8+. The Kier molecular flexibility index (Phi) is 4.50. The van der Waals surface area contributed by atoms with Crippen molar-refractivity contribution in [1.82, 2.24) is 0 Å². The first-order valence-electron chi connectivity index (χ1n) is 7.74. The molecule has 1 aromatic carbocycles. The Bertz CT molecular complexity index is 431. The average molecular weight is 256 g/mol. The van der Waals surface area contributed by atoms with E-state index >= 15 is 0 Å². The van der Waals surface area contributed by atoms with E-state index in [2.05, 4.69) is 64.1 Å². The molecule has 0 aliphatic heterocycles. The normalized spacial score (nSPS) is 28.2. The lowest BCUT2D eigenvalue weighted by atomic mass is 9.69. The summed E-state index contributed by atoms with van der Waals surface area (Å²) < 4.78 is 0. The lowest BCUT2D eigenvalue weighted by Crippen LogP contribution is -2.24. The molecule has 0 atom stereocenters. The van der Waals surface area contributed by atoms with Crippen LogP contribution in [0.5, 0.6) is 0 Å². The van der Waals surface area contributed by atoms with E-state index in [1.54, 1.807) is 0 Å². The highest BCUT2D eigenvalue weighted by molar-refractivity contribution is 5.51. The predicted molar refractivity (Wildman–Crippen MR) is 85.1 cm³/mol. The van der Waals surface area contributed by atoms with Crippen molar-refractivity contribution in [2.75, 3.05) is 0 Å². The minimum absolute atomic E-state index is 0.412. The molecule has 0 N–H and O–H groups in total. The highest BCUT2D eigenvalue weighted by atomic mass is 14.3. The van der Waals surface area contributed by atoms with Crippen LogP contribution in [0.1, 0.15) is 57.6 Å². The van der Waals surface area contributed by atoms with Gasteiger partial charge in [0, 0.05) is 0 Å². The molecule has 0 spiro atoms. The molecule has 1 aliphatic carbocycles. The van der Waals surface area contributed by atoms with E-state index in [0.29, 0.717) is 5.41 Å². The summed E-state index contributed by atoms with van der Waals surface area (Å²) in [5, 5.41) is 0. The molecule has 1 saturated carbocycles. The van der Waals surface area contributed by atoms with Gasteiger partial charge in [-0.3, -0.25) is 0 Å². The molecule has 0 radical (unpaired) electrons. The van der Waals surface area contributed by atoms with Crippen molar-refractivity contribution in [2.24, 2.45) is 17.3 Å². The molecule has 0 amide bonds. The smallest absolute Gasteiger partial charge is 0.0143 e. The van der Waals surface area contributed by atoms with E-state index in [1.165, 1.54) is 36.8 Å². The van der Waals surface area contributed by atoms with Crippen molar-refractivity contribution in [3.05, 3.63) is 41.5 Å². The van der Waals surface area contributed by atoms with Gasteiger partial charge < -0.3 is 0 Å². The second-order valence-corrected chi connectivity index (χ2v) is 6.98. The number of benzene rings is 1. The lowest BCUT2D eigenvalue weighted by molar-refractivity contribution is 0.185. The monoisotopic (exact) mass is 256 g/mol. The molecule has 0 saturated heterocycles. The van der Waals surface area contributed by atoms with Crippen LogP contribution in [0, 0.1) is 24.2 Å². The first kappa shape index (κ1) is 14.4. The zero-order chi connectivity index (χ0) is 13.9. The molecule has 1 aliphatic rings. The van der Waals surface area contributed by atoms with Crippen LogP contribution >= 0.6 is 0 Å². The van der Waals surface area contributed by atoms with Gasteiger partial charge in [0.1, 0.15) is 0 Å². The largest absolute Gasteiger partial charge is 0.0780 e. The molecule has 19 heavy (non-hydrogen) atoms. The van der Waals surface area contributed by atoms with E-state index < -0.39 is 0 Å². The van der Waals surface area contributed by atoms with E-state index in [4.69, 9.17) is 0 Å². The van der Waals surface area contributed by atoms with Gasteiger partial charge in [-0.1, -0.05) is 62.8 Å². The molecule has 0 aromatic heterocycles. The maximum Gasteiger partial charge on any atom is -0.0143 e. The molecule has 0 nitrogen and oxygen atoms in total. The van der Waals surface area contributed by atoms with Crippen molar-refractivity contribution in [2.45, 2.75) is 53.4 Å². The number of allylic oxidation sites excluding steroid dienone is 1. The maximum atomic E-state index is 2.46. The Morgan fingerprint density at radius 2 is 1.89 bits per heavy atom. The molecule has 0 bridgehead atoms. The maximum absolute atomic E-state index is 2.46. The van der Waals surface area contributed by atoms with Crippen molar-refractivity contribution in [3.8, 4) is 0 Å². The van der Waals surface area contributed by atoms with Crippen LogP contribution in [0.2, 0.25) is 0 Å². The van der Waals surface area contributed by atoms with E-state index in [-0.39, 0.29) is 0 Å². The SMILES string of the molecule is Cc1cccc(/C=C/C2(C)CCC(C(C)C)CC2)c1. The highest BCUT2D eigenvalue weighted by Gasteiger charge is 2.29. The molecular weight excluding hydrogens is 228 g/mol. The molecule has 0 heterocycles. The topological polar surface area (TPSA) is 0 Å². The van der Waals surface area contributed by atoms with Crippen LogP contribution in [0.15, 0.2) is 30.3 Å². The van der Waals surface area contributed by atoms with Crippen molar-refractivity contribution in [1.29, 1.82) is 0 Å². The Balaban J connectivity index is 1.99. The quantitative estimate of drug-likeness (QED) is 0.635. The van der Waals surface area contributed by atoms with E-state index in [1.807, 2.05) is 0 Å². The lowest BCUT2D eigenvalue weighted by Gasteiger charge is -2.36. The third kappa shape index (κ3) is 3.96. The Morgan fingerprint density at radius 1 is 1.21 bits per heavy atom. The van der Waals surface area contributed by atoms with Gasteiger partial charge in [-0.05, 0) is 55.4 Å². The Hall–Kier alpha value is -1.04. The molecule has 2 rings (SSSR count). The molecule has 0 heteroatoms. The van der Waals surface area contributed by atoms with E-state index in [0.717, 1.165) is 11.8 Å². The fraction of sp³-hybridized carbons (Fsp3) is 0.579.